The van der Waals surface area contributed by atoms with Crippen molar-refractivity contribution < 1.29 is 4.79 Å². The Morgan fingerprint density at radius 1 is 1.78 bits per heavy atom. The van der Waals surface area contributed by atoms with E-state index in [2.05, 4.69) is 34.5 Å². The number of hydrazine groups is 1. The molecule has 0 aromatic heterocycles. The van der Waals surface area contributed by atoms with E-state index < -0.39 is 0 Å². The van der Waals surface area contributed by atoms with Crippen LogP contribution in [0.15, 0.2) is 10.1 Å². The maximum atomic E-state index is 3.62. The zero-order valence-corrected chi connectivity index (χ0v) is 5.28. The fraction of sp³-hybridized carbons (Fsp3) is 0.250. The highest BCUT2D eigenvalue weighted by Crippen LogP contribution is 1.75. The van der Waals surface area contributed by atoms with Gasteiger partial charge in [-0.15, -0.1) is 5.53 Å². The predicted molar refractivity (Wildman–Crippen MR) is 37.8 cm³/mol. The first-order chi connectivity index (χ1) is 4.31. The van der Waals surface area contributed by atoms with Crippen molar-refractivity contribution >= 4 is 19.8 Å². The summed E-state index contributed by atoms with van der Waals surface area (Å²) >= 11 is 0. The Labute approximate surface area is 53.7 Å². The molecule has 0 aliphatic carbocycles. The molecule has 0 spiro atoms. The van der Waals surface area contributed by atoms with Crippen molar-refractivity contribution in [3.05, 3.63) is 5.43 Å². The lowest BCUT2D eigenvalue weighted by molar-refractivity contribution is -0.525. The molecule has 0 saturated carbocycles. The van der Waals surface area contributed by atoms with Crippen molar-refractivity contribution in [3.8, 4) is 0 Å². The lowest BCUT2D eigenvalue weighted by atomic mass is 11.2. The molecule has 0 radical (unpaired) electrons. The standard InChI is InChI=1S/C4H9N5/c1-5-4-7-9(3)8-6-2/h4H,2-3H2,1H3,(H,5,7,8). The molecule has 0 rings (SSSR count). The molecule has 0 aromatic rings. The molecular formula is C4H9N5. The molecule has 50 valence electrons. The highest BCUT2D eigenvalue weighted by atomic mass is 15.7. The van der Waals surface area contributed by atoms with Gasteiger partial charge in [0.15, 0.2) is 0 Å². The van der Waals surface area contributed by atoms with E-state index in [1.807, 2.05) is 0 Å². The Kier molecular flexibility index (Phi) is 4.03. The molecule has 0 bridgehead atoms. The monoisotopic (exact) mass is 127 g/mol. The van der Waals surface area contributed by atoms with Crippen LogP contribution in [0.25, 0.3) is 5.43 Å². The molecule has 9 heavy (non-hydrogen) atoms. The SMILES string of the molecule is C=NN[N+](=C)[N-]C=NC. The summed E-state index contributed by atoms with van der Waals surface area (Å²) in [6, 6.07) is 0. The second kappa shape index (κ2) is 4.76. The largest absolute Gasteiger partial charge is 0.403 e. The number of aliphatic imine (C=N–C) groups is 1. The van der Waals surface area contributed by atoms with Gasteiger partial charge in [-0.05, 0) is 12.1 Å². The van der Waals surface area contributed by atoms with Crippen LogP contribution in [0.3, 0.4) is 0 Å². The summed E-state index contributed by atoms with van der Waals surface area (Å²) in [4.78, 5) is 4.72. The predicted octanol–water partition coefficient (Wildman–Crippen LogP) is -0.234. The molecule has 0 fully saturated rings. The summed E-state index contributed by atoms with van der Waals surface area (Å²) in [5.41, 5.74) is 5.98. The maximum Gasteiger partial charge on any atom is 0.114 e. The van der Waals surface area contributed by atoms with Crippen LogP contribution in [0.5, 0.6) is 0 Å². The summed E-state index contributed by atoms with van der Waals surface area (Å²) in [6.45, 7) is 6.56. The van der Waals surface area contributed by atoms with E-state index in [-0.39, 0.29) is 0 Å². The van der Waals surface area contributed by atoms with Crippen molar-refractivity contribution in [3.63, 3.8) is 0 Å². The second-order valence-electron chi connectivity index (χ2n) is 1.15. The molecule has 5 heteroatoms. The van der Waals surface area contributed by atoms with Crippen molar-refractivity contribution in [1.29, 1.82) is 0 Å². The zero-order chi connectivity index (χ0) is 7.11. The van der Waals surface area contributed by atoms with Gasteiger partial charge in [0.1, 0.15) is 6.72 Å². The Bertz CT molecular complexity index is 127. The van der Waals surface area contributed by atoms with Gasteiger partial charge in [0.05, 0.1) is 6.72 Å². The van der Waals surface area contributed by atoms with Gasteiger partial charge in [-0.25, -0.2) is 5.43 Å². The van der Waals surface area contributed by atoms with Crippen molar-refractivity contribution in [2.45, 2.75) is 0 Å². The summed E-state index contributed by atoms with van der Waals surface area (Å²) < 4.78 is 0. The zero-order valence-electron chi connectivity index (χ0n) is 5.28. The van der Waals surface area contributed by atoms with Crippen LogP contribution in [0, 0.1) is 0 Å². The van der Waals surface area contributed by atoms with Gasteiger partial charge in [-0.2, -0.15) is 4.79 Å². The average molecular weight is 127 g/mol. The summed E-state index contributed by atoms with van der Waals surface area (Å²) in [5, 5.41) is 3.30. The van der Waals surface area contributed by atoms with Crippen molar-refractivity contribution in [2.75, 3.05) is 7.05 Å². The van der Waals surface area contributed by atoms with Gasteiger partial charge in [-0.1, -0.05) is 0 Å². The van der Waals surface area contributed by atoms with Gasteiger partial charge in [0.2, 0.25) is 0 Å². The summed E-state index contributed by atoms with van der Waals surface area (Å²) in [5.74, 6) is 0. The first-order valence-corrected chi connectivity index (χ1v) is 2.24. The van der Waals surface area contributed by atoms with Crippen LogP contribution >= 0.6 is 0 Å². The fourth-order valence-corrected chi connectivity index (χ4v) is 0.221. The minimum Gasteiger partial charge on any atom is -0.403 e. The molecule has 1 N–H and O–H groups in total. The Hall–Kier alpha value is -1.39. The number of hydrazone groups is 2. The third-order valence-corrected chi connectivity index (χ3v) is 0.493. The highest BCUT2D eigenvalue weighted by molar-refractivity contribution is 5.66. The van der Waals surface area contributed by atoms with E-state index in [1.54, 1.807) is 7.05 Å². The molecule has 0 unspecified atom stereocenters. The van der Waals surface area contributed by atoms with E-state index in [0.717, 1.165) is 4.79 Å². The Morgan fingerprint density at radius 3 is 2.89 bits per heavy atom. The van der Waals surface area contributed by atoms with E-state index in [1.165, 1.54) is 6.34 Å². The molecule has 0 amide bonds. The van der Waals surface area contributed by atoms with Gasteiger partial charge < -0.3 is 4.99 Å². The molecule has 0 aliphatic heterocycles. The lowest BCUT2D eigenvalue weighted by Gasteiger charge is -2.01. The molecule has 0 atom stereocenters. The number of nitrogens with zero attached hydrogens (tertiary/aromatic N) is 4. The Morgan fingerprint density at radius 2 is 2.44 bits per heavy atom. The van der Waals surface area contributed by atoms with Gasteiger partial charge in [0, 0.05) is 6.34 Å². The number of nitrogens with one attached hydrogen (secondary N) is 1. The maximum absolute atomic E-state index is 3.62. The molecule has 5 nitrogen and oxygen atoms in total. The average Bonchev–Trinajstić information content (AvgIpc) is 1.85. The van der Waals surface area contributed by atoms with Crippen LogP contribution in [0.4, 0.5) is 0 Å². The van der Waals surface area contributed by atoms with Gasteiger partial charge in [-0.3, -0.25) is 0 Å². The van der Waals surface area contributed by atoms with Crippen molar-refractivity contribution in [1.82, 2.24) is 5.53 Å². The van der Waals surface area contributed by atoms with E-state index in [0.29, 0.717) is 0 Å². The molecular weight excluding hydrogens is 118 g/mol. The smallest absolute Gasteiger partial charge is 0.114 e. The Balaban J connectivity index is 3.38. The van der Waals surface area contributed by atoms with Gasteiger partial charge in [0.25, 0.3) is 0 Å². The fourth-order valence-electron chi connectivity index (χ4n) is 0.221. The first kappa shape index (κ1) is 7.61. The normalized spacial score (nSPS) is 9.00. The van der Waals surface area contributed by atoms with Crippen LogP contribution < -0.4 is 5.53 Å². The van der Waals surface area contributed by atoms with E-state index >= 15 is 0 Å². The first-order valence-electron chi connectivity index (χ1n) is 2.24. The second-order valence-corrected chi connectivity index (χ2v) is 1.15. The highest BCUT2D eigenvalue weighted by Gasteiger charge is 1.76. The van der Waals surface area contributed by atoms with Crippen LogP contribution in [-0.2, 0) is 0 Å². The third-order valence-electron chi connectivity index (χ3n) is 0.493. The van der Waals surface area contributed by atoms with Crippen molar-refractivity contribution in [2.24, 2.45) is 10.1 Å². The number of rotatable bonds is 4. The molecule has 0 heterocycles. The minimum atomic E-state index is 1.14. The van der Waals surface area contributed by atoms with E-state index in [9.17, 15) is 0 Å². The number of hydrogen-bond acceptors (Lipinski definition) is 3. The molecule has 0 aliphatic rings. The quantitative estimate of drug-likeness (QED) is 0.241. The lowest BCUT2D eigenvalue weighted by Crippen LogP contribution is -2.17. The van der Waals surface area contributed by atoms with Crippen LogP contribution in [0.2, 0.25) is 0 Å². The summed E-state index contributed by atoms with van der Waals surface area (Å²) in [7, 11) is 1.61. The summed E-state index contributed by atoms with van der Waals surface area (Å²) in [6.07, 6.45) is 1.34. The third kappa shape index (κ3) is 4.46. The van der Waals surface area contributed by atoms with Crippen LogP contribution in [0.1, 0.15) is 0 Å². The molecule has 0 saturated heterocycles. The minimum absolute atomic E-state index is 1.14. The van der Waals surface area contributed by atoms with Crippen LogP contribution in [-0.4, -0.2) is 31.6 Å². The number of hydrogen-bond donors (Lipinski definition) is 1. The van der Waals surface area contributed by atoms with Gasteiger partial charge >= 0.3 is 0 Å². The van der Waals surface area contributed by atoms with E-state index in [4.69, 9.17) is 0 Å². The topological polar surface area (TPSA) is 53.9 Å². The molecule has 0 aromatic carbocycles.